The molecule has 5 nitrogen and oxygen atoms in total. The molecule has 1 atom stereocenters. The predicted molar refractivity (Wildman–Crippen MR) is 103 cm³/mol. The normalized spacial score (nSPS) is 15.8. The van der Waals surface area contributed by atoms with Crippen molar-refractivity contribution in [2.24, 2.45) is 0 Å². The van der Waals surface area contributed by atoms with Gasteiger partial charge in [0.25, 0.3) is 11.5 Å². The zero-order chi connectivity index (χ0) is 19.7. The van der Waals surface area contributed by atoms with Crippen LogP contribution < -0.4 is 10.9 Å². The molecule has 0 spiro atoms. The Morgan fingerprint density at radius 3 is 2.43 bits per heavy atom. The molecular formula is C22H17FN2O3. The van der Waals surface area contributed by atoms with Crippen molar-refractivity contribution in [1.82, 2.24) is 4.98 Å². The van der Waals surface area contributed by atoms with Gasteiger partial charge in [0.15, 0.2) is 5.78 Å². The quantitative estimate of drug-likeness (QED) is 0.732. The summed E-state index contributed by atoms with van der Waals surface area (Å²) in [5.41, 5.74) is 1.62. The van der Waals surface area contributed by atoms with E-state index in [0.29, 0.717) is 29.8 Å². The highest BCUT2D eigenvalue weighted by Gasteiger charge is 2.28. The maximum Gasteiger partial charge on any atom is 0.261 e. The fraction of sp³-hybridized carbons (Fsp3) is 0.136. The summed E-state index contributed by atoms with van der Waals surface area (Å²) >= 11 is 0. The van der Waals surface area contributed by atoms with Gasteiger partial charge < -0.3 is 10.3 Å². The Bertz CT molecular complexity index is 1100. The molecule has 0 saturated heterocycles. The van der Waals surface area contributed by atoms with Crippen molar-refractivity contribution in [2.45, 2.75) is 18.8 Å². The number of halogens is 1. The number of Topliss-reactive ketones (excluding diaryl/α,β-unsaturated/α-hetero) is 1. The Hall–Kier alpha value is -3.54. The largest absolute Gasteiger partial charge is 0.325 e. The molecule has 1 heterocycles. The predicted octanol–water partition coefficient (Wildman–Crippen LogP) is 3.68. The second-order valence-corrected chi connectivity index (χ2v) is 6.80. The van der Waals surface area contributed by atoms with Crippen LogP contribution in [-0.2, 0) is 6.42 Å². The number of aromatic nitrogens is 1. The first-order valence-corrected chi connectivity index (χ1v) is 8.92. The number of carbonyl (C=O) groups is 2. The highest BCUT2D eigenvalue weighted by molar-refractivity contribution is 6.06. The Morgan fingerprint density at radius 2 is 1.71 bits per heavy atom. The highest BCUT2D eigenvalue weighted by atomic mass is 19.1. The van der Waals surface area contributed by atoms with Crippen LogP contribution in [0.15, 0.2) is 65.5 Å². The number of pyridine rings is 1. The summed E-state index contributed by atoms with van der Waals surface area (Å²) in [7, 11) is 0. The molecule has 2 N–H and O–H groups in total. The molecule has 6 heteroatoms. The summed E-state index contributed by atoms with van der Waals surface area (Å²) in [5.74, 6) is -1.19. The molecule has 0 unspecified atom stereocenters. The number of fused-ring (bicyclic) bond motifs is 1. The average molecular weight is 376 g/mol. The van der Waals surface area contributed by atoms with Crippen LogP contribution in [0.1, 0.15) is 44.3 Å². The molecule has 3 aromatic rings. The summed E-state index contributed by atoms with van der Waals surface area (Å²) in [6.45, 7) is 0. The number of benzene rings is 2. The van der Waals surface area contributed by atoms with Gasteiger partial charge in [0.1, 0.15) is 11.4 Å². The number of aromatic amines is 1. The van der Waals surface area contributed by atoms with Crippen LogP contribution in [0, 0.1) is 5.82 Å². The third-order valence-corrected chi connectivity index (χ3v) is 4.92. The minimum Gasteiger partial charge on any atom is -0.325 e. The van der Waals surface area contributed by atoms with Crippen molar-refractivity contribution < 1.29 is 14.0 Å². The van der Waals surface area contributed by atoms with Gasteiger partial charge in [0, 0.05) is 23.4 Å². The van der Waals surface area contributed by atoms with E-state index >= 15 is 0 Å². The molecule has 0 fully saturated rings. The Kier molecular flexibility index (Phi) is 4.61. The molecule has 0 bridgehead atoms. The highest BCUT2D eigenvalue weighted by Crippen LogP contribution is 2.31. The molecule has 0 saturated carbocycles. The van der Waals surface area contributed by atoms with Gasteiger partial charge >= 0.3 is 0 Å². The standard InChI is InChI=1S/C22H17FN2O3/c23-15-6-8-16(9-7-15)24-21(27)18-12-17-19(25-22(18)28)10-14(11-20(17)26)13-4-2-1-3-5-13/h1-9,12,14H,10-11H2,(H,24,27)(H,25,28)/t14-/m0/s1. The molecule has 28 heavy (non-hydrogen) atoms. The van der Waals surface area contributed by atoms with E-state index in [2.05, 4.69) is 10.3 Å². The molecule has 1 aliphatic carbocycles. The maximum absolute atomic E-state index is 13.0. The number of anilines is 1. The van der Waals surface area contributed by atoms with Crippen LogP contribution in [0.2, 0.25) is 0 Å². The van der Waals surface area contributed by atoms with Crippen molar-refractivity contribution >= 4 is 17.4 Å². The van der Waals surface area contributed by atoms with Crippen molar-refractivity contribution in [2.75, 3.05) is 5.32 Å². The number of rotatable bonds is 3. The lowest BCUT2D eigenvalue weighted by Crippen LogP contribution is -2.29. The van der Waals surface area contributed by atoms with E-state index < -0.39 is 17.3 Å². The lowest BCUT2D eigenvalue weighted by Gasteiger charge is -2.24. The first kappa shape index (κ1) is 17.9. The lowest BCUT2D eigenvalue weighted by molar-refractivity contribution is 0.0963. The number of amides is 1. The summed E-state index contributed by atoms with van der Waals surface area (Å²) < 4.78 is 13.0. The van der Waals surface area contributed by atoms with Crippen molar-refractivity contribution in [3.05, 3.63) is 99.2 Å². The molecular weight excluding hydrogens is 359 g/mol. The molecule has 0 aliphatic heterocycles. The smallest absolute Gasteiger partial charge is 0.261 e. The number of ketones is 1. The maximum atomic E-state index is 13.0. The van der Waals surface area contributed by atoms with Gasteiger partial charge in [-0.1, -0.05) is 30.3 Å². The zero-order valence-electron chi connectivity index (χ0n) is 14.9. The first-order valence-electron chi connectivity index (χ1n) is 8.92. The second kappa shape index (κ2) is 7.23. The molecule has 1 aliphatic rings. The van der Waals surface area contributed by atoms with Crippen molar-refractivity contribution in [1.29, 1.82) is 0 Å². The van der Waals surface area contributed by atoms with Gasteiger partial charge in [-0.05, 0) is 48.2 Å². The van der Waals surface area contributed by atoms with Gasteiger partial charge in [-0.2, -0.15) is 0 Å². The third-order valence-electron chi connectivity index (χ3n) is 4.92. The van der Waals surface area contributed by atoms with Gasteiger partial charge in [-0.25, -0.2) is 4.39 Å². The number of carbonyl (C=O) groups excluding carboxylic acids is 2. The minimum absolute atomic E-state index is 0.00394. The monoisotopic (exact) mass is 376 g/mol. The molecule has 0 radical (unpaired) electrons. The number of nitrogens with one attached hydrogen (secondary N) is 2. The van der Waals surface area contributed by atoms with E-state index in [4.69, 9.17) is 0 Å². The lowest BCUT2D eigenvalue weighted by atomic mass is 9.81. The number of H-pyrrole nitrogens is 1. The van der Waals surface area contributed by atoms with E-state index in [9.17, 15) is 18.8 Å². The van der Waals surface area contributed by atoms with E-state index in [0.717, 1.165) is 5.56 Å². The summed E-state index contributed by atoms with van der Waals surface area (Å²) in [6, 6.07) is 16.2. The van der Waals surface area contributed by atoms with Crippen molar-refractivity contribution in [3.8, 4) is 0 Å². The molecule has 1 amide bonds. The van der Waals surface area contributed by atoms with Crippen LogP contribution in [0.5, 0.6) is 0 Å². The van der Waals surface area contributed by atoms with Crippen LogP contribution in [-0.4, -0.2) is 16.7 Å². The fourth-order valence-electron chi connectivity index (χ4n) is 3.49. The Balaban J connectivity index is 1.62. The van der Waals surface area contributed by atoms with E-state index in [-0.39, 0.29) is 17.3 Å². The van der Waals surface area contributed by atoms with Gasteiger partial charge in [0.2, 0.25) is 0 Å². The fourth-order valence-corrected chi connectivity index (χ4v) is 3.49. The van der Waals surface area contributed by atoms with Crippen LogP contribution in [0.3, 0.4) is 0 Å². The van der Waals surface area contributed by atoms with E-state index in [1.807, 2.05) is 30.3 Å². The van der Waals surface area contributed by atoms with Crippen LogP contribution in [0.4, 0.5) is 10.1 Å². The molecule has 140 valence electrons. The summed E-state index contributed by atoms with van der Waals surface area (Å²) in [6.07, 6.45) is 0.849. The van der Waals surface area contributed by atoms with E-state index in [1.165, 1.54) is 30.3 Å². The topological polar surface area (TPSA) is 79.0 Å². The molecule has 4 rings (SSSR count). The Labute approximate surface area is 160 Å². The molecule has 1 aromatic heterocycles. The SMILES string of the molecule is O=C1C[C@@H](c2ccccc2)Cc2[nH]c(=O)c(C(=O)Nc3ccc(F)cc3)cc21. The van der Waals surface area contributed by atoms with Gasteiger partial charge in [0.05, 0.1) is 0 Å². The second-order valence-electron chi connectivity index (χ2n) is 6.80. The minimum atomic E-state index is -0.645. The summed E-state index contributed by atoms with van der Waals surface area (Å²) in [5, 5.41) is 2.55. The number of hydrogen-bond donors (Lipinski definition) is 2. The third kappa shape index (κ3) is 3.49. The number of hydrogen-bond acceptors (Lipinski definition) is 3. The van der Waals surface area contributed by atoms with Gasteiger partial charge in [-0.15, -0.1) is 0 Å². The Morgan fingerprint density at radius 1 is 1.00 bits per heavy atom. The average Bonchev–Trinajstić information content (AvgIpc) is 2.69. The van der Waals surface area contributed by atoms with E-state index in [1.54, 1.807) is 0 Å². The van der Waals surface area contributed by atoms with Crippen molar-refractivity contribution in [3.63, 3.8) is 0 Å². The summed E-state index contributed by atoms with van der Waals surface area (Å²) in [4.78, 5) is 40.3. The van der Waals surface area contributed by atoms with Crippen LogP contribution in [0.25, 0.3) is 0 Å². The van der Waals surface area contributed by atoms with Crippen LogP contribution >= 0.6 is 0 Å². The first-order chi connectivity index (χ1) is 13.5. The molecule has 2 aromatic carbocycles. The zero-order valence-corrected chi connectivity index (χ0v) is 14.9. The van der Waals surface area contributed by atoms with Gasteiger partial charge in [-0.3, -0.25) is 14.4 Å².